The molecule has 0 saturated carbocycles. The molecule has 0 fully saturated rings. The standard InChI is InChI=1S/C10H16O6/c1-6(11)8(14-7(2)12)15-9(13)16-10(3,4)5/h8H,1-5H3. The topological polar surface area (TPSA) is 78.9 Å². The Hall–Kier alpha value is -1.59. The molecular formula is C10H16O6. The summed E-state index contributed by atoms with van der Waals surface area (Å²) in [5.74, 6) is -1.31. The van der Waals surface area contributed by atoms with E-state index >= 15 is 0 Å². The van der Waals surface area contributed by atoms with Gasteiger partial charge in [-0.25, -0.2) is 4.79 Å². The number of ketones is 1. The van der Waals surface area contributed by atoms with E-state index in [0.29, 0.717) is 0 Å². The van der Waals surface area contributed by atoms with Gasteiger partial charge in [-0.3, -0.25) is 9.59 Å². The van der Waals surface area contributed by atoms with Crippen LogP contribution in [0.5, 0.6) is 0 Å². The minimum absolute atomic E-state index is 0.596. The van der Waals surface area contributed by atoms with Crippen LogP contribution in [0.15, 0.2) is 0 Å². The van der Waals surface area contributed by atoms with E-state index in [4.69, 9.17) is 4.74 Å². The molecule has 0 rings (SSSR count). The minimum Gasteiger partial charge on any atom is -0.428 e. The van der Waals surface area contributed by atoms with Gasteiger partial charge in [0, 0.05) is 13.8 Å². The van der Waals surface area contributed by atoms with Crippen molar-refractivity contribution in [2.75, 3.05) is 0 Å². The summed E-state index contributed by atoms with van der Waals surface area (Å²) in [5, 5.41) is 0. The quantitative estimate of drug-likeness (QED) is 0.540. The van der Waals surface area contributed by atoms with Crippen LogP contribution in [0.4, 0.5) is 4.79 Å². The monoisotopic (exact) mass is 232 g/mol. The highest BCUT2D eigenvalue weighted by Gasteiger charge is 2.26. The summed E-state index contributed by atoms with van der Waals surface area (Å²) in [6.45, 7) is 7.17. The molecule has 0 saturated heterocycles. The maximum absolute atomic E-state index is 11.2. The molecule has 0 amide bonds. The predicted molar refractivity (Wildman–Crippen MR) is 53.6 cm³/mol. The van der Waals surface area contributed by atoms with Crippen molar-refractivity contribution in [3.05, 3.63) is 0 Å². The minimum atomic E-state index is -1.55. The summed E-state index contributed by atoms with van der Waals surface area (Å²) in [6, 6.07) is 0. The zero-order valence-electron chi connectivity index (χ0n) is 10.0. The van der Waals surface area contributed by atoms with E-state index in [1.807, 2.05) is 0 Å². The summed E-state index contributed by atoms with van der Waals surface area (Å²) >= 11 is 0. The third-order valence-electron chi connectivity index (χ3n) is 1.20. The molecule has 0 spiro atoms. The third kappa shape index (κ3) is 6.80. The molecule has 0 aliphatic heterocycles. The van der Waals surface area contributed by atoms with Gasteiger partial charge in [0.25, 0.3) is 0 Å². The molecule has 0 aliphatic rings. The zero-order valence-corrected chi connectivity index (χ0v) is 10.0. The third-order valence-corrected chi connectivity index (χ3v) is 1.20. The first-order chi connectivity index (χ1) is 7.11. The van der Waals surface area contributed by atoms with Crippen LogP contribution in [0, 0.1) is 0 Å². The molecule has 16 heavy (non-hydrogen) atoms. The lowest BCUT2D eigenvalue weighted by Crippen LogP contribution is -2.33. The van der Waals surface area contributed by atoms with Crippen molar-refractivity contribution in [1.29, 1.82) is 0 Å². The van der Waals surface area contributed by atoms with E-state index in [9.17, 15) is 14.4 Å². The molecule has 0 bridgehead atoms. The molecular weight excluding hydrogens is 216 g/mol. The van der Waals surface area contributed by atoms with Crippen LogP contribution in [-0.4, -0.2) is 29.8 Å². The van der Waals surface area contributed by atoms with E-state index in [0.717, 1.165) is 13.8 Å². The van der Waals surface area contributed by atoms with Gasteiger partial charge in [0.15, 0.2) is 0 Å². The molecule has 0 N–H and O–H groups in total. The van der Waals surface area contributed by atoms with Gasteiger partial charge in [0.2, 0.25) is 5.78 Å². The van der Waals surface area contributed by atoms with E-state index < -0.39 is 29.8 Å². The Kier molecular flexibility index (Phi) is 4.94. The molecule has 6 nitrogen and oxygen atoms in total. The first-order valence-electron chi connectivity index (χ1n) is 4.69. The Morgan fingerprint density at radius 2 is 1.50 bits per heavy atom. The maximum Gasteiger partial charge on any atom is 0.512 e. The van der Waals surface area contributed by atoms with Crippen LogP contribution in [-0.2, 0) is 23.8 Å². The first kappa shape index (κ1) is 14.4. The highest BCUT2D eigenvalue weighted by Crippen LogP contribution is 2.10. The van der Waals surface area contributed by atoms with Crippen LogP contribution in [0.1, 0.15) is 34.6 Å². The molecule has 0 aromatic heterocycles. The van der Waals surface area contributed by atoms with Crippen molar-refractivity contribution < 1.29 is 28.6 Å². The van der Waals surface area contributed by atoms with E-state index in [2.05, 4.69) is 9.47 Å². The number of rotatable bonds is 3. The summed E-state index contributed by atoms with van der Waals surface area (Å²) in [5.41, 5.74) is -0.741. The second-order valence-corrected chi connectivity index (χ2v) is 4.13. The van der Waals surface area contributed by atoms with Gasteiger partial charge in [-0.05, 0) is 20.8 Å². The largest absolute Gasteiger partial charge is 0.512 e. The smallest absolute Gasteiger partial charge is 0.428 e. The summed E-state index contributed by atoms with van der Waals surface area (Å²) < 4.78 is 13.8. The second kappa shape index (κ2) is 5.48. The SMILES string of the molecule is CC(=O)OC(OC(=O)OC(C)(C)C)C(C)=O. The molecule has 0 aliphatic carbocycles. The number of ether oxygens (including phenoxy) is 3. The Bertz CT molecular complexity index is 288. The average Bonchev–Trinajstić information content (AvgIpc) is 1.97. The Labute approximate surface area is 93.8 Å². The van der Waals surface area contributed by atoms with Gasteiger partial charge < -0.3 is 14.2 Å². The molecule has 6 heteroatoms. The van der Waals surface area contributed by atoms with Crippen LogP contribution in [0.3, 0.4) is 0 Å². The van der Waals surface area contributed by atoms with Crippen molar-refractivity contribution in [2.24, 2.45) is 0 Å². The number of carbonyl (C=O) groups is 3. The lowest BCUT2D eigenvalue weighted by Gasteiger charge is -2.21. The molecule has 1 atom stereocenters. The van der Waals surface area contributed by atoms with Crippen LogP contribution in [0.2, 0.25) is 0 Å². The molecule has 92 valence electrons. The first-order valence-corrected chi connectivity index (χ1v) is 4.69. The maximum atomic E-state index is 11.2. The van der Waals surface area contributed by atoms with Crippen LogP contribution >= 0.6 is 0 Å². The van der Waals surface area contributed by atoms with Crippen molar-refractivity contribution in [1.82, 2.24) is 0 Å². The van der Waals surface area contributed by atoms with Crippen LogP contribution in [0.25, 0.3) is 0 Å². The fourth-order valence-corrected chi connectivity index (χ4v) is 0.702. The van der Waals surface area contributed by atoms with E-state index in [1.54, 1.807) is 20.8 Å². The molecule has 0 aromatic carbocycles. The van der Waals surface area contributed by atoms with Gasteiger partial charge in [-0.15, -0.1) is 0 Å². The Morgan fingerprint density at radius 1 is 1.00 bits per heavy atom. The zero-order chi connectivity index (χ0) is 12.9. The second-order valence-electron chi connectivity index (χ2n) is 4.13. The average molecular weight is 232 g/mol. The Balaban J connectivity index is 4.35. The number of carbonyl (C=O) groups excluding carboxylic acids is 3. The molecule has 0 aromatic rings. The van der Waals surface area contributed by atoms with Gasteiger partial charge >= 0.3 is 18.4 Å². The number of hydrogen-bond acceptors (Lipinski definition) is 6. The van der Waals surface area contributed by atoms with Crippen molar-refractivity contribution in [2.45, 2.75) is 46.5 Å². The van der Waals surface area contributed by atoms with Crippen molar-refractivity contribution in [3.63, 3.8) is 0 Å². The number of esters is 1. The van der Waals surface area contributed by atoms with Gasteiger partial charge in [0.05, 0.1) is 0 Å². The van der Waals surface area contributed by atoms with Gasteiger partial charge in [0.1, 0.15) is 5.60 Å². The van der Waals surface area contributed by atoms with Gasteiger partial charge in [-0.1, -0.05) is 0 Å². The van der Waals surface area contributed by atoms with Crippen molar-refractivity contribution in [3.8, 4) is 0 Å². The summed E-state index contributed by atoms with van der Waals surface area (Å²) in [7, 11) is 0. The van der Waals surface area contributed by atoms with E-state index in [1.165, 1.54) is 0 Å². The lowest BCUT2D eigenvalue weighted by atomic mass is 10.2. The predicted octanol–water partition coefficient (Wildman–Crippen LogP) is 1.42. The Morgan fingerprint density at radius 3 is 1.81 bits per heavy atom. The number of hydrogen-bond donors (Lipinski definition) is 0. The summed E-state index contributed by atoms with van der Waals surface area (Å²) in [6.07, 6.45) is -2.61. The molecule has 0 heterocycles. The molecule has 0 radical (unpaired) electrons. The fourth-order valence-electron chi connectivity index (χ4n) is 0.702. The van der Waals surface area contributed by atoms with Crippen LogP contribution < -0.4 is 0 Å². The van der Waals surface area contributed by atoms with E-state index in [-0.39, 0.29) is 0 Å². The highest BCUT2D eigenvalue weighted by atomic mass is 16.8. The van der Waals surface area contributed by atoms with Gasteiger partial charge in [-0.2, -0.15) is 0 Å². The normalized spacial score (nSPS) is 12.6. The summed E-state index contributed by atoms with van der Waals surface area (Å²) in [4.78, 5) is 32.8. The van der Waals surface area contributed by atoms with Crippen molar-refractivity contribution >= 4 is 17.9 Å². The number of Topliss-reactive ketones (excluding diaryl/α,β-unsaturated/α-hetero) is 1. The highest BCUT2D eigenvalue weighted by molar-refractivity contribution is 5.83. The molecule has 1 unspecified atom stereocenters. The fraction of sp³-hybridized carbons (Fsp3) is 0.700. The lowest BCUT2D eigenvalue weighted by molar-refractivity contribution is -0.177.